The standard InChI is InChI=1S/C23H23FN2S/c1-2-3-17-4-9-19(10-5-17)20-11-6-18(7-12-20)8-13-23-22(24)14-21(15-25-23)26-16-27/h6-7,11-12,14-15,17,19H,2-5,9-10H2,1H3. The number of benzene rings is 1. The van der Waals surface area contributed by atoms with Gasteiger partial charge < -0.3 is 0 Å². The van der Waals surface area contributed by atoms with Gasteiger partial charge in [0.2, 0.25) is 0 Å². The molecule has 138 valence electrons. The molecule has 0 aliphatic heterocycles. The second-order valence-corrected chi connectivity index (χ2v) is 7.29. The number of hydrogen-bond acceptors (Lipinski definition) is 3. The van der Waals surface area contributed by atoms with E-state index in [1.165, 1.54) is 56.4 Å². The van der Waals surface area contributed by atoms with Gasteiger partial charge in [0.1, 0.15) is 5.69 Å². The first kappa shape index (κ1) is 19.4. The molecule has 2 aromatic rings. The summed E-state index contributed by atoms with van der Waals surface area (Å²) in [6.07, 6.45) is 9.33. The molecule has 0 atom stereocenters. The molecule has 0 saturated heterocycles. The lowest BCUT2D eigenvalue weighted by Crippen LogP contribution is -2.13. The van der Waals surface area contributed by atoms with Crippen LogP contribution in [0.1, 0.15) is 68.2 Å². The molecule has 0 N–H and O–H groups in total. The highest BCUT2D eigenvalue weighted by Crippen LogP contribution is 2.37. The van der Waals surface area contributed by atoms with E-state index in [1.54, 1.807) is 0 Å². The lowest BCUT2D eigenvalue weighted by atomic mass is 9.77. The summed E-state index contributed by atoms with van der Waals surface area (Å²) in [7, 11) is 0. The number of hydrogen-bond donors (Lipinski definition) is 0. The van der Waals surface area contributed by atoms with Crippen LogP contribution in [0.4, 0.5) is 10.1 Å². The molecule has 4 heteroatoms. The van der Waals surface area contributed by atoms with Gasteiger partial charge in [0.25, 0.3) is 0 Å². The van der Waals surface area contributed by atoms with E-state index in [1.807, 2.05) is 12.1 Å². The largest absolute Gasteiger partial charge is 0.242 e. The molecule has 1 aromatic heterocycles. The van der Waals surface area contributed by atoms with Crippen molar-refractivity contribution in [3.05, 3.63) is 59.2 Å². The third-order valence-electron chi connectivity index (χ3n) is 5.25. The van der Waals surface area contributed by atoms with Crippen LogP contribution in [-0.2, 0) is 0 Å². The molecule has 0 spiro atoms. The molecule has 0 bridgehead atoms. The molecule has 1 aliphatic carbocycles. The third kappa shape index (κ3) is 5.32. The van der Waals surface area contributed by atoms with Crippen molar-refractivity contribution in [2.75, 3.05) is 0 Å². The maximum Gasteiger partial charge on any atom is 0.159 e. The second-order valence-electron chi connectivity index (χ2n) is 7.11. The molecule has 0 radical (unpaired) electrons. The summed E-state index contributed by atoms with van der Waals surface area (Å²) in [6, 6.07) is 9.62. The third-order valence-corrected chi connectivity index (χ3v) is 5.34. The fourth-order valence-electron chi connectivity index (χ4n) is 3.80. The minimum absolute atomic E-state index is 0.108. The van der Waals surface area contributed by atoms with E-state index in [-0.39, 0.29) is 5.69 Å². The maximum absolute atomic E-state index is 14.0. The Labute approximate surface area is 166 Å². The van der Waals surface area contributed by atoms with E-state index < -0.39 is 5.82 Å². The molecule has 1 fully saturated rings. The smallest absolute Gasteiger partial charge is 0.159 e. The number of isothiocyanates is 1. The summed E-state index contributed by atoms with van der Waals surface area (Å²) in [5.41, 5.74) is 2.70. The molecule has 2 nitrogen and oxygen atoms in total. The van der Waals surface area contributed by atoms with Gasteiger partial charge in [-0.05, 0) is 73.4 Å². The predicted molar refractivity (Wildman–Crippen MR) is 111 cm³/mol. The van der Waals surface area contributed by atoms with Gasteiger partial charge in [0.15, 0.2) is 5.82 Å². The van der Waals surface area contributed by atoms with Gasteiger partial charge in [0.05, 0.1) is 17.0 Å². The number of pyridine rings is 1. The Balaban J connectivity index is 1.65. The quantitative estimate of drug-likeness (QED) is 0.348. The molecule has 1 aliphatic rings. The van der Waals surface area contributed by atoms with Crippen molar-refractivity contribution >= 4 is 23.1 Å². The Kier molecular flexibility index (Phi) is 6.87. The Bertz CT molecular complexity index is 881. The topological polar surface area (TPSA) is 25.2 Å². The van der Waals surface area contributed by atoms with Crippen LogP contribution in [0.2, 0.25) is 0 Å². The Morgan fingerprint density at radius 3 is 2.52 bits per heavy atom. The van der Waals surface area contributed by atoms with Crippen molar-refractivity contribution in [1.82, 2.24) is 4.98 Å². The number of rotatable bonds is 4. The lowest BCUT2D eigenvalue weighted by molar-refractivity contribution is 0.308. The van der Waals surface area contributed by atoms with E-state index in [9.17, 15) is 4.39 Å². The summed E-state index contributed by atoms with van der Waals surface area (Å²) in [5, 5.41) is 2.19. The van der Waals surface area contributed by atoms with Gasteiger partial charge in [-0.25, -0.2) is 9.37 Å². The zero-order valence-corrected chi connectivity index (χ0v) is 16.4. The minimum atomic E-state index is -0.505. The Hall–Kier alpha value is -2.34. The molecule has 0 unspecified atom stereocenters. The van der Waals surface area contributed by atoms with Gasteiger partial charge in [-0.2, -0.15) is 4.99 Å². The highest BCUT2D eigenvalue weighted by atomic mass is 32.1. The molecule has 1 heterocycles. The van der Waals surface area contributed by atoms with Crippen molar-refractivity contribution in [3.63, 3.8) is 0 Å². The van der Waals surface area contributed by atoms with Crippen LogP contribution in [0.5, 0.6) is 0 Å². The lowest BCUT2D eigenvalue weighted by Gasteiger charge is -2.28. The first-order valence-corrected chi connectivity index (χ1v) is 9.95. The first-order valence-electron chi connectivity index (χ1n) is 9.55. The predicted octanol–water partition coefficient (Wildman–Crippen LogP) is 6.43. The highest BCUT2D eigenvalue weighted by molar-refractivity contribution is 7.78. The molecule has 1 saturated carbocycles. The monoisotopic (exact) mass is 378 g/mol. The fraction of sp³-hybridized carbons (Fsp3) is 0.391. The summed E-state index contributed by atoms with van der Waals surface area (Å²) in [4.78, 5) is 7.71. The highest BCUT2D eigenvalue weighted by Gasteiger charge is 2.21. The average Bonchev–Trinajstić information content (AvgIpc) is 2.69. The van der Waals surface area contributed by atoms with E-state index in [0.717, 1.165) is 11.5 Å². The summed E-state index contributed by atoms with van der Waals surface area (Å²) in [5.74, 6) is 6.85. The molecular weight excluding hydrogens is 355 g/mol. The fourth-order valence-corrected chi connectivity index (χ4v) is 3.90. The van der Waals surface area contributed by atoms with Crippen LogP contribution in [0.25, 0.3) is 0 Å². The normalized spacial score (nSPS) is 18.9. The van der Waals surface area contributed by atoms with Crippen molar-refractivity contribution in [3.8, 4) is 11.8 Å². The first-order chi connectivity index (χ1) is 13.2. The van der Waals surface area contributed by atoms with Crippen LogP contribution in [0.3, 0.4) is 0 Å². The van der Waals surface area contributed by atoms with E-state index in [4.69, 9.17) is 0 Å². The molecule has 27 heavy (non-hydrogen) atoms. The molecule has 1 aromatic carbocycles. The van der Waals surface area contributed by atoms with Crippen LogP contribution in [0, 0.1) is 23.6 Å². The SMILES string of the molecule is CCCC1CCC(c2ccc(C#Cc3ncc(N=C=S)cc3F)cc2)CC1. The second kappa shape index (κ2) is 9.55. The minimum Gasteiger partial charge on any atom is -0.242 e. The number of thiocarbonyl (C=S) groups is 1. The van der Waals surface area contributed by atoms with Crippen LogP contribution < -0.4 is 0 Å². The van der Waals surface area contributed by atoms with Gasteiger partial charge in [-0.15, -0.1) is 0 Å². The van der Waals surface area contributed by atoms with Gasteiger partial charge in [-0.3, -0.25) is 0 Å². The van der Waals surface area contributed by atoms with Crippen molar-refractivity contribution in [1.29, 1.82) is 0 Å². The average molecular weight is 379 g/mol. The summed E-state index contributed by atoms with van der Waals surface area (Å²) >= 11 is 4.51. The van der Waals surface area contributed by atoms with E-state index in [2.05, 4.69) is 58.3 Å². The van der Waals surface area contributed by atoms with Gasteiger partial charge in [-0.1, -0.05) is 37.8 Å². The number of nitrogens with zero attached hydrogens (tertiary/aromatic N) is 2. The zero-order valence-electron chi connectivity index (χ0n) is 15.5. The summed E-state index contributed by atoms with van der Waals surface area (Å²) < 4.78 is 14.0. The van der Waals surface area contributed by atoms with E-state index in [0.29, 0.717) is 11.6 Å². The molecule has 0 amide bonds. The summed E-state index contributed by atoms with van der Waals surface area (Å²) in [6.45, 7) is 2.27. The maximum atomic E-state index is 14.0. The number of halogens is 1. The number of aliphatic imine (C=N–C) groups is 1. The van der Waals surface area contributed by atoms with Crippen molar-refractivity contribution in [2.45, 2.75) is 51.4 Å². The zero-order chi connectivity index (χ0) is 19.1. The molecular formula is C23H23FN2S. The van der Waals surface area contributed by atoms with Crippen molar-refractivity contribution < 1.29 is 4.39 Å². The Morgan fingerprint density at radius 1 is 1.15 bits per heavy atom. The number of aromatic nitrogens is 1. The van der Waals surface area contributed by atoms with Crippen LogP contribution >= 0.6 is 12.2 Å². The van der Waals surface area contributed by atoms with Crippen LogP contribution in [0.15, 0.2) is 41.5 Å². The van der Waals surface area contributed by atoms with Gasteiger partial charge >= 0.3 is 0 Å². The molecule has 3 rings (SSSR count). The van der Waals surface area contributed by atoms with Gasteiger partial charge in [0, 0.05) is 11.6 Å². The van der Waals surface area contributed by atoms with E-state index >= 15 is 0 Å². The Morgan fingerprint density at radius 2 is 1.89 bits per heavy atom. The van der Waals surface area contributed by atoms with Crippen molar-refractivity contribution in [2.24, 2.45) is 10.9 Å². The van der Waals surface area contributed by atoms with Crippen LogP contribution in [-0.4, -0.2) is 10.1 Å².